The molecule has 0 fully saturated rings. The van der Waals surface area contributed by atoms with Gasteiger partial charge < -0.3 is 10.6 Å². The molecule has 1 aromatic heterocycles. The quantitative estimate of drug-likeness (QED) is 0.933. The van der Waals surface area contributed by atoms with Gasteiger partial charge in [-0.25, -0.2) is 0 Å². The molecule has 1 heterocycles. The van der Waals surface area contributed by atoms with Crippen LogP contribution in [0.3, 0.4) is 0 Å². The van der Waals surface area contributed by atoms with Gasteiger partial charge in [0.1, 0.15) is 0 Å². The monoisotopic (exact) mass is 274 g/mol. The van der Waals surface area contributed by atoms with Crippen LogP contribution < -0.4 is 5.73 Å². The van der Waals surface area contributed by atoms with E-state index in [1.165, 1.54) is 11.3 Å². The Morgan fingerprint density at radius 3 is 2.42 bits per heavy atom. The number of rotatable bonds is 3. The Balaban J connectivity index is 2.67. The van der Waals surface area contributed by atoms with E-state index in [1.807, 2.05) is 30.3 Å². The van der Waals surface area contributed by atoms with Gasteiger partial charge in [-0.1, -0.05) is 37.3 Å². The zero-order valence-corrected chi connectivity index (χ0v) is 12.3. The van der Waals surface area contributed by atoms with E-state index in [2.05, 4.69) is 6.92 Å². The largest absolute Gasteiger partial charge is 0.390 e. The molecule has 4 heteroatoms. The molecule has 1 aromatic carbocycles. The topological polar surface area (TPSA) is 46.3 Å². The lowest BCUT2D eigenvalue weighted by molar-refractivity contribution is 0.0829. The average Bonchev–Trinajstić information content (AvgIpc) is 2.75. The molecule has 0 aliphatic rings. The Kier molecular flexibility index (Phi) is 3.90. The summed E-state index contributed by atoms with van der Waals surface area (Å²) in [6.07, 6.45) is 0.875. The van der Waals surface area contributed by atoms with E-state index in [-0.39, 0.29) is 5.91 Å². The third-order valence-corrected chi connectivity index (χ3v) is 4.18. The number of thiophene rings is 1. The third-order valence-electron chi connectivity index (χ3n) is 3.01. The van der Waals surface area contributed by atoms with Crippen LogP contribution in [0.2, 0.25) is 0 Å². The van der Waals surface area contributed by atoms with Crippen LogP contribution in [-0.2, 0) is 6.42 Å². The molecule has 0 atom stereocenters. The zero-order valence-electron chi connectivity index (χ0n) is 11.4. The Labute approximate surface area is 117 Å². The van der Waals surface area contributed by atoms with E-state index in [1.54, 1.807) is 19.0 Å². The van der Waals surface area contributed by atoms with Crippen molar-refractivity contribution in [1.82, 2.24) is 4.90 Å². The highest BCUT2D eigenvalue weighted by Crippen LogP contribution is 2.39. The summed E-state index contributed by atoms with van der Waals surface area (Å²) in [5, 5.41) is 0.606. The molecule has 0 bridgehead atoms. The van der Waals surface area contributed by atoms with Crippen LogP contribution in [0.15, 0.2) is 30.3 Å². The van der Waals surface area contributed by atoms with E-state index >= 15 is 0 Å². The van der Waals surface area contributed by atoms with Crippen molar-refractivity contribution in [3.63, 3.8) is 0 Å². The number of anilines is 1. The van der Waals surface area contributed by atoms with E-state index in [9.17, 15) is 4.79 Å². The summed E-state index contributed by atoms with van der Waals surface area (Å²) in [6, 6.07) is 9.97. The molecule has 2 N–H and O–H groups in total. The smallest absolute Gasteiger partial charge is 0.256 e. The second-order valence-corrected chi connectivity index (χ2v) is 5.70. The first-order valence-electron chi connectivity index (χ1n) is 6.24. The number of aryl methyl sites for hydroxylation is 1. The van der Waals surface area contributed by atoms with Crippen molar-refractivity contribution in [2.75, 3.05) is 19.8 Å². The predicted molar refractivity (Wildman–Crippen MR) is 81.6 cm³/mol. The molecule has 3 nitrogen and oxygen atoms in total. The molecule has 0 aliphatic carbocycles. The fraction of sp³-hybridized carbons (Fsp3) is 0.267. The lowest BCUT2D eigenvalue weighted by Crippen LogP contribution is -2.22. The minimum absolute atomic E-state index is 0.0349. The second-order valence-electron chi connectivity index (χ2n) is 4.56. The summed E-state index contributed by atoms with van der Waals surface area (Å²) in [5.41, 5.74) is 8.75. The van der Waals surface area contributed by atoms with Gasteiger partial charge in [-0.3, -0.25) is 4.79 Å². The SMILES string of the molecule is CCc1sc(N)c(C(=O)N(C)C)c1-c1ccccc1. The Morgan fingerprint density at radius 1 is 1.26 bits per heavy atom. The van der Waals surface area contributed by atoms with Crippen molar-refractivity contribution in [2.45, 2.75) is 13.3 Å². The highest BCUT2D eigenvalue weighted by molar-refractivity contribution is 7.17. The number of carbonyl (C=O) groups is 1. The maximum absolute atomic E-state index is 12.3. The molecular formula is C15H18N2OS. The molecule has 0 spiro atoms. The van der Waals surface area contributed by atoms with Crippen LogP contribution in [0.25, 0.3) is 11.1 Å². The number of hydrogen-bond acceptors (Lipinski definition) is 3. The lowest BCUT2D eigenvalue weighted by Gasteiger charge is -2.12. The molecule has 0 saturated carbocycles. The highest BCUT2D eigenvalue weighted by atomic mass is 32.1. The van der Waals surface area contributed by atoms with Crippen LogP contribution in [-0.4, -0.2) is 24.9 Å². The first-order valence-corrected chi connectivity index (χ1v) is 7.06. The van der Waals surface area contributed by atoms with Gasteiger partial charge in [-0.05, 0) is 12.0 Å². The maximum atomic E-state index is 12.3. The van der Waals surface area contributed by atoms with Crippen molar-refractivity contribution >= 4 is 22.2 Å². The van der Waals surface area contributed by atoms with Crippen molar-refractivity contribution in [3.05, 3.63) is 40.8 Å². The van der Waals surface area contributed by atoms with Gasteiger partial charge in [0.25, 0.3) is 5.91 Å². The number of amides is 1. The molecule has 19 heavy (non-hydrogen) atoms. The molecule has 0 unspecified atom stereocenters. The van der Waals surface area contributed by atoms with E-state index < -0.39 is 0 Å². The minimum atomic E-state index is -0.0349. The van der Waals surface area contributed by atoms with Crippen LogP contribution in [0.1, 0.15) is 22.2 Å². The van der Waals surface area contributed by atoms with E-state index in [4.69, 9.17) is 5.73 Å². The third kappa shape index (κ3) is 2.49. The van der Waals surface area contributed by atoms with E-state index in [0.29, 0.717) is 10.6 Å². The fourth-order valence-corrected chi connectivity index (χ4v) is 3.12. The molecule has 2 rings (SSSR count). The molecule has 1 amide bonds. The predicted octanol–water partition coefficient (Wildman–Crippen LogP) is 3.26. The summed E-state index contributed by atoms with van der Waals surface area (Å²) in [4.78, 5) is 15.1. The molecule has 2 aromatic rings. The average molecular weight is 274 g/mol. The molecular weight excluding hydrogens is 256 g/mol. The first-order chi connectivity index (χ1) is 9.06. The fourth-order valence-electron chi connectivity index (χ4n) is 2.09. The van der Waals surface area contributed by atoms with Crippen LogP contribution in [0.5, 0.6) is 0 Å². The van der Waals surface area contributed by atoms with Gasteiger partial charge in [0.2, 0.25) is 0 Å². The minimum Gasteiger partial charge on any atom is -0.390 e. The first kappa shape index (κ1) is 13.6. The van der Waals surface area contributed by atoms with Gasteiger partial charge in [0.05, 0.1) is 10.6 Å². The molecule has 0 saturated heterocycles. The van der Waals surface area contributed by atoms with E-state index in [0.717, 1.165) is 22.4 Å². The molecule has 0 radical (unpaired) electrons. The van der Waals surface area contributed by atoms with Crippen LogP contribution in [0.4, 0.5) is 5.00 Å². The summed E-state index contributed by atoms with van der Waals surface area (Å²) >= 11 is 1.51. The van der Waals surface area contributed by atoms with Gasteiger partial charge in [0.15, 0.2) is 0 Å². The molecule has 100 valence electrons. The number of nitrogens with zero attached hydrogens (tertiary/aromatic N) is 1. The number of benzene rings is 1. The summed E-state index contributed by atoms with van der Waals surface area (Å²) in [7, 11) is 3.50. The number of nitrogen functional groups attached to an aromatic ring is 1. The number of carbonyl (C=O) groups excluding carboxylic acids is 1. The van der Waals surface area contributed by atoms with Gasteiger partial charge in [-0.2, -0.15) is 0 Å². The lowest BCUT2D eigenvalue weighted by atomic mass is 9.99. The van der Waals surface area contributed by atoms with Crippen molar-refractivity contribution in [3.8, 4) is 11.1 Å². The number of hydrogen-bond donors (Lipinski definition) is 1. The summed E-state index contributed by atoms with van der Waals surface area (Å²) in [5.74, 6) is -0.0349. The normalized spacial score (nSPS) is 10.5. The van der Waals surface area contributed by atoms with Crippen molar-refractivity contribution in [1.29, 1.82) is 0 Å². The van der Waals surface area contributed by atoms with Gasteiger partial charge in [0, 0.05) is 24.5 Å². The highest BCUT2D eigenvalue weighted by Gasteiger charge is 2.23. The van der Waals surface area contributed by atoms with Gasteiger partial charge in [-0.15, -0.1) is 11.3 Å². The standard InChI is InChI=1S/C15H18N2OS/c1-4-11-12(10-8-6-5-7-9-10)13(14(16)19-11)15(18)17(2)3/h5-9H,4,16H2,1-3H3. The van der Waals surface area contributed by atoms with Crippen LogP contribution in [0, 0.1) is 0 Å². The Hall–Kier alpha value is -1.81. The zero-order chi connectivity index (χ0) is 14.0. The Morgan fingerprint density at radius 2 is 1.89 bits per heavy atom. The van der Waals surface area contributed by atoms with Gasteiger partial charge >= 0.3 is 0 Å². The van der Waals surface area contributed by atoms with Crippen molar-refractivity contribution < 1.29 is 4.79 Å². The Bertz CT molecular complexity index is 588. The number of nitrogens with two attached hydrogens (primary N) is 1. The maximum Gasteiger partial charge on any atom is 0.256 e. The summed E-state index contributed by atoms with van der Waals surface area (Å²) < 4.78 is 0. The van der Waals surface area contributed by atoms with Crippen LogP contribution >= 0.6 is 11.3 Å². The summed E-state index contributed by atoms with van der Waals surface area (Å²) in [6.45, 7) is 2.08. The van der Waals surface area contributed by atoms with Crippen molar-refractivity contribution in [2.24, 2.45) is 0 Å². The molecule has 0 aliphatic heterocycles. The second kappa shape index (κ2) is 5.45.